The van der Waals surface area contributed by atoms with E-state index in [1.165, 1.54) is 0 Å². The molecule has 0 saturated carbocycles. The maximum atomic E-state index is 5.71. The fraction of sp³-hybridized carbons (Fsp3) is 0. The zero-order valence-corrected chi connectivity index (χ0v) is 9.36. The molecule has 0 unspecified atom stereocenters. The summed E-state index contributed by atoms with van der Waals surface area (Å²) in [7, 11) is 0. The third-order valence-corrected chi connectivity index (χ3v) is 3.00. The van der Waals surface area contributed by atoms with Crippen molar-refractivity contribution in [2.24, 2.45) is 0 Å². The lowest BCUT2D eigenvalue weighted by atomic mass is 10.2. The van der Waals surface area contributed by atoms with Crippen LogP contribution < -0.4 is 0 Å². The number of fused-ring (bicyclic) bond motifs is 4. The third-order valence-electron chi connectivity index (χ3n) is 2.74. The first-order valence-corrected chi connectivity index (χ1v) is 5.49. The largest absolute Gasteiger partial charge is 0.436 e. The Morgan fingerprint density at radius 3 is 3.12 bits per heavy atom. The molecule has 4 aromatic rings. The van der Waals surface area contributed by atoms with E-state index < -0.39 is 0 Å². The van der Waals surface area contributed by atoms with Crippen molar-refractivity contribution >= 4 is 39.9 Å². The molecule has 5 nitrogen and oxygen atoms in total. The quantitative estimate of drug-likeness (QED) is 0.482. The Morgan fingerprint density at radius 2 is 2.18 bits per heavy atom. The fourth-order valence-corrected chi connectivity index (χ4v) is 2.13. The van der Waals surface area contributed by atoms with Crippen LogP contribution in [0.2, 0.25) is 0 Å². The Balaban J connectivity index is 2.32. The predicted molar refractivity (Wildman–Crippen MR) is 65.4 cm³/mol. The number of H-pyrrole nitrogens is 1. The van der Waals surface area contributed by atoms with Gasteiger partial charge in [-0.2, -0.15) is 9.61 Å². The summed E-state index contributed by atoms with van der Waals surface area (Å²) in [5.74, 6) is 0. The van der Waals surface area contributed by atoms with Crippen molar-refractivity contribution in [3.63, 3.8) is 0 Å². The van der Waals surface area contributed by atoms with Crippen LogP contribution in [-0.4, -0.2) is 19.8 Å². The molecule has 4 rings (SSSR count). The van der Waals surface area contributed by atoms with Gasteiger partial charge in [-0.1, -0.05) is 18.2 Å². The second kappa shape index (κ2) is 2.92. The molecule has 0 fully saturated rings. The molecule has 0 aliphatic heterocycles. The molecule has 0 saturated heterocycles. The van der Waals surface area contributed by atoms with Gasteiger partial charge in [-0.15, -0.1) is 5.10 Å². The van der Waals surface area contributed by atoms with Gasteiger partial charge < -0.3 is 4.42 Å². The van der Waals surface area contributed by atoms with Gasteiger partial charge >= 0.3 is 0 Å². The van der Waals surface area contributed by atoms with Gasteiger partial charge in [0.1, 0.15) is 5.58 Å². The van der Waals surface area contributed by atoms with Crippen LogP contribution in [0.5, 0.6) is 0 Å². The average molecular weight is 242 g/mol. The third kappa shape index (κ3) is 1.10. The number of aromatic nitrogens is 4. The number of nitrogens with one attached hydrogen (secondary N) is 1. The molecule has 0 aliphatic carbocycles. The fourth-order valence-electron chi connectivity index (χ4n) is 1.95. The van der Waals surface area contributed by atoms with E-state index in [-0.39, 0.29) is 0 Å². The molecule has 3 aromatic heterocycles. The summed E-state index contributed by atoms with van der Waals surface area (Å²) in [5.41, 5.74) is 2.04. The van der Waals surface area contributed by atoms with Crippen LogP contribution in [0.1, 0.15) is 0 Å². The molecular weight excluding hydrogens is 236 g/mol. The second-order valence-corrected chi connectivity index (χ2v) is 4.15. The molecular formula is C11H6N4OS. The highest BCUT2D eigenvalue weighted by atomic mass is 32.1. The van der Waals surface area contributed by atoms with Crippen molar-refractivity contribution < 1.29 is 4.42 Å². The smallest absolute Gasteiger partial charge is 0.248 e. The Kier molecular flexibility index (Phi) is 1.53. The van der Waals surface area contributed by atoms with Gasteiger partial charge in [0.15, 0.2) is 5.65 Å². The number of para-hydroxylation sites is 1. The molecule has 0 amide bonds. The maximum Gasteiger partial charge on any atom is 0.248 e. The molecule has 1 N–H and O–H groups in total. The highest BCUT2D eigenvalue weighted by Gasteiger charge is 2.11. The van der Waals surface area contributed by atoms with Crippen LogP contribution in [0.3, 0.4) is 0 Å². The summed E-state index contributed by atoms with van der Waals surface area (Å²) in [6.07, 6.45) is 0. The van der Waals surface area contributed by atoms with Crippen LogP contribution in [-0.2, 0) is 0 Å². The Bertz CT molecular complexity index is 917. The summed E-state index contributed by atoms with van der Waals surface area (Å²) < 4.78 is 7.75. The number of hydrogen-bond acceptors (Lipinski definition) is 4. The molecule has 82 valence electrons. The highest BCUT2D eigenvalue weighted by molar-refractivity contribution is 7.71. The maximum absolute atomic E-state index is 5.71. The first-order valence-electron chi connectivity index (χ1n) is 5.09. The second-order valence-electron chi connectivity index (χ2n) is 3.77. The van der Waals surface area contributed by atoms with E-state index in [1.807, 2.05) is 30.3 Å². The first kappa shape index (κ1) is 8.89. The van der Waals surface area contributed by atoms with Gasteiger partial charge in [-0.25, -0.2) is 5.10 Å². The van der Waals surface area contributed by atoms with Crippen LogP contribution in [0.4, 0.5) is 0 Å². The lowest BCUT2D eigenvalue weighted by molar-refractivity contribution is 0.638. The number of nitrogens with zero attached hydrogens (tertiary/aromatic N) is 3. The topological polar surface area (TPSA) is 59.1 Å². The van der Waals surface area contributed by atoms with Gasteiger partial charge in [0.25, 0.3) is 0 Å². The normalized spacial score (nSPS) is 11.8. The molecule has 0 bridgehead atoms. The zero-order chi connectivity index (χ0) is 11.4. The van der Waals surface area contributed by atoms with Crippen LogP contribution >= 0.6 is 12.2 Å². The molecule has 0 atom stereocenters. The van der Waals surface area contributed by atoms with Crippen LogP contribution in [0.25, 0.3) is 27.7 Å². The van der Waals surface area contributed by atoms with Crippen molar-refractivity contribution in [3.05, 3.63) is 35.1 Å². The van der Waals surface area contributed by atoms with Gasteiger partial charge in [0.05, 0.1) is 5.39 Å². The summed E-state index contributed by atoms with van der Waals surface area (Å²) in [4.78, 5) is 0. The Morgan fingerprint density at radius 1 is 1.29 bits per heavy atom. The molecule has 17 heavy (non-hydrogen) atoms. The highest BCUT2D eigenvalue weighted by Crippen LogP contribution is 2.24. The van der Waals surface area contributed by atoms with Crippen molar-refractivity contribution in [2.75, 3.05) is 0 Å². The predicted octanol–water partition coefficient (Wildman–Crippen LogP) is 2.69. The molecule has 6 heteroatoms. The summed E-state index contributed by atoms with van der Waals surface area (Å²) in [5, 5.41) is 13.0. The van der Waals surface area contributed by atoms with Crippen molar-refractivity contribution in [1.29, 1.82) is 0 Å². The molecule has 0 radical (unpaired) electrons. The lowest BCUT2D eigenvalue weighted by Crippen LogP contribution is -1.81. The van der Waals surface area contributed by atoms with Gasteiger partial charge in [-0.3, -0.25) is 0 Å². The summed E-state index contributed by atoms with van der Waals surface area (Å²) >= 11 is 5.08. The van der Waals surface area contributed by atoms with Crippen LogP contribution in [0.15, 0.2) is 34.7 Å². The molecule has 0 aliphatic rings. The van der Waals surface area contributed by atoms with Crippen molar-refractivity contribution in [3.8, 4) is 0 Å². The minimum Gasteiger partial charge on any atom is -0.436 e. The van der Waals surface area contributed by atoms with Gasteiger partial charge in [-0.05, 0) is 24.4 Å². The minimum atomic E-state index is 0.468. The lowest BCUT2D eigenvalue weighted by Gasteiger charge is -1.95. The molecule has 1 aromatic carbocycles. The number of benzene rings is 1. The number of aromatic amines is 1. The van der Waals surface area contributed by atoms with E-state index >= 15 is 0 Å². The Hall–Kier alpha value is -2.21. The number of rotatable bonds is 0. The monoisotopic (exact) mass is 242 g/mol. The van der Waals surface area contributed by atoms with E-state index in [0.29, 0.717) is 16.1 Å². The SMILES string of the molecule is S=c1[nH]nc2c3cc4ccccc4oc3nn12. The zero-order valence-electron chi connectivity index (χ0n) is 8.54. The minimum absolute atomic E-state index is 0.468. The number of hydrogen-bond donors (Lipinski definition) is 1. The van der Waals surface area contributed by atoms with Crippen molar-refractivity contribution in [2.45, 2.75) is 0 Å². The average Bonchev–Trinajstić information content (AvgIpc) is 2.87. The van der Waals surface area contributed by atoms with E-state index in [4.69, 9.17) is 16.6 Å². The summed E-state index contributed by atoms with van der Waals surface area (Å²) in [6.45, 7) is 0. The molecule has 0 spiro atoms. The van der Waals surface area contributed by atoms with E-state index in [9.17, 15) is 0 Å². The van der Waals surface area contributed by atoms with Gasteiger partial charge in [0, 0.05) is 5.39 Å². The summed E-state index contributed by atoms with van der Waals surface area (Å²) in [6, 6.07) is 9.80. The van der Waals surface area contributed by atoms with Gasteiger partial charge in [0.2, 0.25) is 10.5 Å². The molecule has 3 heterocycles. The van der Waals surface area contributed by atoms with E-state index in [0.717, 1.165) is 16.4 Å². The van der Waals surface area contributed by atoms with Crippen molar-refractivity contribution in [1.82, 2.24) is 19.8 Å². The standard InChI is InChI=1S/C11H6N4OS/c17-11-13-12-9-7-5-6-3-1-2-4-8(6)16-10(7)14-15(9)11/h1-5H,(H,13,17). The van der Waals surface area contributed by atoms with Crippen LogP contribution in [0, 0.1) is 4.77 Å². The van der Waals surface area contributed by atoms with E-state index in [1.54, 1.807) is 4.52 Å². The first-order chi connectivity index (χ1) is 8.33. The van der Waals surface area contributed by atoms with E-state index in [2.05, 4.69) is 15.3 Å². The Labute approximate surface area is 99.7 Å².